The Morgan fingerprint density at radius 2 is 1.45 bits per heavy atom. The number of anilines is 1. The largest absolute Gasteiger partial charge is 0.399 e. The molecular weight excluding hydrogens is 244 g/mol. The van der Waals surface area contributed by atoms with Crippen LogP contribution in [0.25, 0.3) is 11.1 Å². The molecule has 0 heterocycles. The Bertz CT molecular complexity index is 691. The topological polar surface area (TPSA) is 52.0 Å². The highest BCUT2D eigenvalue weighted by Crippen LogP contribution is 2.49. The zero-order valence-electron chi connectivity index (χ0n) is 12.6. The quantitative estimate of drug-likeness (QED) is 0.772. The first-order chi connectivity index (χ1) is 9.21. The van der Waals surface area contributed by atoms with Crippen LogP contribution in [-0.2, 0) is 11.0 Å². The van der Waals surface area contributed by atoms with Crippen LogP contribution in [-0.4, -0.2) is 0 Å². The first kappa shape index (κ1) is 13.2. The molecule has 3 rings (SSSR count). The van der Waals surface area contributed by atoms with Gasteiger partial charge in [0.2, 0.25) is 0 Å². The molecule has 20 heavy (non-hydrogen) atoms. The van der Waals surface area contributed by atoms with E-state index in [1.807, 2.05) is 19.9 Å². The molecule has 0 radical (unpaired) electrons. The van der Waals surface area contributed by atoms with E-state index in [9.17, 15) is 0 Å². The average Bonchev–Trinajstić information content (AvgIpc) is 2.57. The van der Waals surface area contributed by atoms with Gasteiger partial charge in [-0.2, -0.15) is 0 Å². The Labute approximate surface area is 120 Å². The summed E-state index contributed by atoms with van der Waals surface area (Å²) in [6.07, 6.45) is 0. The van der Waals surface area contributed by atoms with Gasteiger partial charge < -0.3 is 11.5 Å². The van der Waals surface area contributed by atoms with E-state index in [-0.39, 0.29) is 11.0 Å². The van der Waals surface area contributed by atoms with Gasteiger partial charge in [0.1, 0.15) is 0 Å². The summed E-state index contributed by atoms with van der Waals surface area (Å²) in [5.41, 5.74) is 19.1. The summed E-state index contributed by atoms with van der Waals surface area (Å²) in [5, 5.41) is 0. The van der Waals surface area contributed by atoms with Gasteiger partial charge in [-0.15, -0.1) is 0 Å². The molecule has 0 aliphatic heterocycles. The maximum Gasteiger partial charge on any atom is 0.0352 e. The molecular formula is C18H22N2. The molecule has 0 fully saturated rings. The molecule has 0 saturated heterocycles. The minimum absolute atomic E-state index is 0.0265. The molecule has 0 unspecified atom stereocenters. The zero-order valence-corrected chi connectivity index (χ0v) is 12.6. The van der Waals surface area contributed by atoms with Gasteiger partial charge in [0, 0.05) is 16.6 Å². The van der Waals surface area contributed by atoms with Crippen LogP contribution in [0.1, 0.15) is 44.4 Å². The lowest BCUT2D eigenvalue weighted by Gasteiger charge is -2.25. The normalized spacial score (nSPS) is 15.8. The third-order valence-electron chi connectivity index (χ3n) is 4.44. The highest BCUT2D eigenvalue weighted by molar-refractivity contribution is 5.82. The summed E-state index contributed by atoms with van der Waals surface area (Å²) in [5.74, 6) is 0. The summed E-state index contributed by atoms with van der Waals surface area (Å²) in [6, 6.07) is 12.8. The molecule has 0 amide bonds. The van der Waals surface area contributed by atoms with Crippen LogP contribution in [0, 0.1) is 0 Å². The van der Waals surface area contributed by atoms with Crippen LogP contribution in [0.2, 0.25) is 0 Å². The van der Waals surface area contributed by atoms with Crippen molar-refractivity contribution in [3.05, 3.63) is 53.1 Å². The van der Waals surface area contributed by atoms with Gasteiger partial charge in [-0.25, -0.2) is 0 Å². The van der Waals surface area contributed by atoms with Crippen molar-refractivity contribution in [3.8, 4) is 11.1 Å². The van der Waals surface area contributed by atoms with Crippen LogP contribution >= 0.6 is 0 Å². The molecule has 2 aromatic rings. The van der Waals surface area contributed by atoms with Gasteiger partial charge in [0.15, 0.2) is 0 Å². The molecule has 0 saturated carbocycles. The van der Waals surface area contributed by atoms with Crippen molar-refractivity contribution in [2.45, 2.75) is 38.6 Å². The van der Waals surface area contributed by atoms with Crippen molar-refractivity contribution in [1.82, 2.24) is 0 Å². The number of nitrogens with two attached hydrogens (primary N) is 2. The van der Waals surface area contributed by atoms with E-state index < -0.39 is 0 Å². The summed E-state index contributed by atoms with van der Waals surface area (Å²) in [6.45, 7) is 8.60. The van der Waals surface area contributed by atoms with E-state index in [1.54, 1.807) is 0 Å². The second kappa shape index (κ2) is 3.86. The molecule has 2 heteroatoms. The predicted octanol–water partition coefficient (Wildman–Crippen LogP) is 3.77. The Balaban J connectivity index is 2.27. The number of nitrogen functional groups attached to an aromatic ring is 1. The number of hydrogen-bond acceptors (Lipinski definition) is 2. The van der Waals surface area contributed by atoms with Gasteiger partial charge in [-0.3, -0.25) is 0 Å². The molecule has 1 aliphatic rings. The summed E-state index contributed by atoms with van der Waals surface area (Å²) >= 11 is 0. The van der Waals surface area contributed by atoms with Gasteiger partial charge in [0.05, 0.1) is 0 Å². The van der Waals surface area contributed by atoms with E-state index in [1.165, 1.54) is 27.8 Å². The smallest absolute Gasteiger partial charge is 0.0352 e. The lowest BCUT2D eigenvalue weighted by molar-refractivity contribution is 0.551. The summed E-state index contributed by atoms with van der Waals surface area (Å²) in [7, 11) is 0. The molecule has 0 atom stereocenters. The van der Waals surface area contributed by atoms with E-state index in [0.717, 1.165) is 5.69 Å². The monoisotopic (exact) mass is 266 g/mol. The van der Waals surface area contributed by atoms with Crippen molar-refractivity contribution in [3.63, 3.8) is 0 Å². The van der Waals surface area contributed by atoms with Crippen molar-refractivity contribution in [2.75, 3.05) is 5.73 Å². The average molecular weight is 266 g/mol. The van der Waals surface area contributed by atoms with Crippen LogP contribution in [0.15, 0.2) is 36.4 Å². The lowest BCUT2D eigenvalue weighted by atomic mass is 9.80. The van der Waals surface area contributed by atoms with Gasteiger partial charge in [-0.1, -0.05) is 38.1 Å². The van der Waals surface area contributed by atoms with Crippen LogP contribution in [0.3, 0.4) is 0 Å². The lowest BCUT2D eigenvalue weighted by Crippen LogP contribution is -2.29. The maximum atomic E-state index is 6.25. The molecule has 4 N–H and O–H groups in total. The number of hydrogen-bond donors (Lipinski definition) is 2. The van der Waals surface area contributed by atoms with E-state index >= 15 is 0 Å². The molecule has 0 spiro atoms. The Kier molecular flexibility index (Phi) is 2.55. The minimum atomic E-state index is -0.321. The fraction of sp³-hybridized carbons (Fsp3) is 0.333. The summed E-state index contributed by atoms with van der Waals surface area (Å²) < 4.78 is 0. The van der Waals surface area contributed by atoms with Crippen molar-refractivity contribution in [1.29, 1.82) is 0 Å². The number of benzene rings is 2. The van der Waals surface area contributed by atoms with Crippen LogP contribution in [0.5, 0.6) is 0 Å². The van der Waals surface area contributed by atoms with Crippen molar-refractivity contribution < 1.29 is 0 Å². The second-order valence-electron chi connectivity index (χ2n) is 6.91. The zero-order chi connectivity index (χ0) is 14.7. The fourth-order valence-corrected chi connectivity index (χ4v) is 3.16. The van der Waals surface area contributed by atoms with E-state index in [0.29, 0.717) is 0 Å². The molecule has 1 aliphatic carbocycles. The third-order valence-corrected chi connectivity index (χ3v) is 4.44. The molecule has 2 aromatic carbocycles. The van der Waals surface area contributed by atoms with Crippen molar-refractivity contribution in [2.24, 2.45) is 5.73 Å². The van der Waals surface area contributed by atoms with E-state index in [4.69, 9.17) is 11.5 Å². The molecule has 104 valence electrons. The Hall–Kier alpha value is -1.80. The molecule has 2 nitrogen and oxygen atoms in total. The second-order valence-corrected chi connectivity index (χ2v) is 6.91. The maximum absolute atomic E-state index is 6.25. The number of fused-ring (bicyclic) bond motifs is 3. The SMILES string of the molecule is CC(C)(N)c1ccc2c(c1)C(C)(C)c1cc(N)ccc1-2. The predicted molar refractivity (Wildman–Crippen MR) is 85.6 cm³/mol. The van der Waals surface area contributed by atoms with Crippen LogP contribution in [0.4, 0.5) is 5.69 Å². The minimum Gasteiger partial charge on any atom is -0.399 e. The molecule has 0 bridgehead atoms. The fourth-order valence-electron chi connectivity index (χ4n) is 3.16. The first-order valence-corrected chi connectivity index (χ1v) is 7.05. The highest BCUT2D eigenvalue weighted by atomic mass is 14.7. The Morgan fingerprint density at radius 1 is 0.900 bits per heavy atom. The summed E-state index contributed by atoms with van der Waals surface area (Å²) in [4.78, 5) is 0. The molecule has 0 aromatic heterocycles. The third kappa shape index (κ3) is 1.75. The Morgan fingerprint density at radius 3 is 2.05 bits per heavy atom. The van der Waals surface area contributed by atoms with Crippen molar-refractivity contribution >= 4 is 5.69 Å². The van der Waals surface area contributed by atoms with Crippen LogP contribution < -0.4 is 11.5 Å². The van der Waals surface area contributed by atoms with Gasteiger partial charge in [0.25, 0.3) is 0 Å². The standard InChI is InChI=1S/C18H22N2/c1-17(2)15-9-11(18(3,4)20)5-7-13(15)14-8-6-12(19)10-16(14)17/h5-10H,19-20H2,1-4H3. The van der Waals surface area contributed by atoms with E-state index in [2.05, 4.69) is 44.2 Å². The highest BCUT2D eigenvalue weighted by Gasteiger charge is 2.36. The number of rotatable bonds is 1. The first-order valence-electron chi connectivity index (χ1n) is 7.05. The van der Waals surface area contributed by atoms with Gasteiger partial charge in [-0.05, 0) is 53.8 Å². The van der Waals surface area contributed by atoms with Gasteiger partial charge >= 0.3 is 0 Å².